The summed E-state index contributed by atoms with van der Waals surface area (Å²) in [6.45, 7) is 7.98. The van der Waals surface area contributed by atoms with Gasteiger partial charge in [0.15, 0.2) is 0 Å². The number of halogens is 1. The highest BCUT2D eigenvalue weighted by atomic mass is 79.9. The lowest BCUT2D eigenvalue weighted by Gasteiger charge is -2.17. The summed E-state index contributed by atoms with van der Waals surface area (Å²) in [7, 11) is 1.73. The molecule has 0 saturated heterocycles. The van der Waals surface area contributed by atoms with Crippen molar-refractivity contribution in [3.8, 4) is 0 Å². The van der Waals surface area contributed by atoms with Crippen molar-refractivity contribution in [2.75, 3.05) is 7.11 Å². The second kappa shape index (κ2) is 7.34. The van der Waals surface area contributed by atoms with Gasteiger partial charge in [0.05, 0.1) is 6.10 Å². The zero-order valence-electron chi connectivity index (χ0n) is 8.72. The zero-order valence-corrected chi connectivity index (χ0v) is 10.3. The van der Waals surface area contributed by atoms with E-state index in [0.717, 1.165) is 12.8 Å². The third kappa shape index (κ3) is 5.27. The Hall–Kier alpha value is -0.0800. The van der Waals surface area contributed by atoms with Crippen molar-refractivity contribution in [3.63, 3.8) is 0 Å². The van der Waals surface area contributed by atoms with E-state index in [1.54, 1.807) is 7.11 Å². The topological polar surface area (TPSA) is 9.23 Å². The molecule has 76 valence electrons. The highest BCUT2D eigenvalue weighted by molar-refractivity contribution is 9.09. The maximum absolute atomic E-state index is 5.23. The van der Waals surface area contributed by atoms with Crippen LogP contribution in [0.5, 0.6) is 0 Å². The first-order valence-electron chi connectivity index (χ1n) is 4.64. The first-order chi connectivity index (χ1) is 6.15. The minimum atomic E-state index is 0.236. The number of allylic oxidation sites excluding steroid dienone is 3. The van der Waals surface area contributed by atoms with Crippen LogP contribution in [0.3, 0.4) is 0 Å². The normalized spacial score (nSPS) is 16.8. The molecular weight excluding hydrogens is 228 g/mol. The fraction of sp³-hybridized carbons (Fsp3) is 0.636. The van der Waals surface area contributed by atoms with Gasteiger partial charge >= 0.3 is 0 Å². The molecule has 13 heavy (non-hydrogen) atoms. The fourth-order valence-electron chi connectivity index (χ4n) is 1.05. The van der Waals surface area contributed by atoms with Gasteiger partial charge in [-0.3, -0.25) is 0 Å². The molecule has 2 atom stereocenters. The molecule has 0 aliphatic heterocycles. The summed E-state index contributed by atoms with van der Waals surface area (Å²) in [4.78, 5) is 0.369. The lowest BCUT2D eigenvalue weighted by atomic mass is 10.1. The van der Waals surface area contributed by atoms with Crippen molar-refractivity contribution in [3.05, 3.63) is 24.3 Å². The van der Waals surface area contributed by atoms with Crippen molar-refractivity contribution in [2.45, 2.75) is 37.6 Å². The van der Waals surface area contributed by atoms with Crippen LogP contribution in [0.15, 0.2) is 24.3 Å². The summed E-state index contributed by atoms with van der Waals surface area (Å²) < 4.78 is 5.23. The molecule has 0 aliphatic rings. The van der Waals surface area contributed by atoms with Gasteiger partial charge in [-0.05, 0) is 19.8 Å². The summed E-state index contributed by atoms with van der Waals surface area (Å²) in [5.41, 5.74) is 1.29. The van der Waals surface area contributed by atoms with Crippen LogP contribution in [0, 0.1) is 0 Å². The number of ether oxygens (including phenoxy) is 1. The van der Waals surface area contributed by atoms with Gasteiger partial charge in [0.1, 0.15) is 0 Å². The minimum absolute atomic E-state index is 0.236. The van der Waals surface area contributed by atoms with E-state index in [9.17, 15) is 0 Å². The van der Waals surface area contributed by atoms with Crippen LogP contribution in [0.1, 0.15) is 26.7 Å². The molecule has 0 radical (unpaired) electrons. The molecule has 0 aromatic heterocycles. The van der Waals surface area contributed by atoms with E-state index in [2.05, 4.69) is 42.4 Å². The second-order valence-electron chi connectivity index (χ2n) is 3.05. The first-order valence-corrected chi connectivity index (χ1v) is 5.55. The Bertz CT molecular complexity index is 175. The molecule has 0 spiro atoms. The number of alkyl halides is 1. The maximum atomic E-state index is 5.23. The molecule has 0 heterocycles. The van der Waals surface area contributed by atoms with Gasteiger partial charge in [-0.15, -0.1) is 0 Å². The monoisotopic (exact) mass is 246 g/mol. The van der Waals surface area contributed by atoms with Gasteiger partial charge in [0.2, 0.25) is 0 Å². The van der Waals surface area contributed by atoms with Crippen molar-refractivity contribution < 1.29 is 4.74 Å². The fourth-order valence-corrected chi connectivity index (χ4v) is 1.64. The quantitative estimate of drug-likeness (QED) is 0.513. The van der Waals surface area contributed by atoms with Crippen LogP contribution in [0.2, 0.25) is 0 Å². The Labute approximate surface area is 90.0 Å². The second-order valence-corrected chi connectivity index (χ2v) is 4.23. The van der Waals surface area contributed by atoms with Gasteiger partial charge < -0.3 is 4.74 Å². The van der Waals surface area contributed by atoms with Gasteiger partial charge in [-0.1, -0.05) is 47.2 Å². The highest BCUT2D eigenvalue weighted by Gasteiger charge is 2.13. The Morgan fingerprint density at radius 3 is 2.62 bits per heavy atom. The Kier molecular flexibility index (Phi) is 7.29. The van der Waals surface area contributed by atoms with E-state index in [1.807, 2.05) is 6.08 Å². The van der Waals surface area contributed by atoms with Crippen molar-refractivity contribution in [2.24, 2.45) is 0 Å². The molecule has 0 saturated carbocycles. The average Bonchev–Trinajstić information content (AvgIpc) is 2.15. The van der Waals surface area contributed by atoms with Gasteiger partial charge in [-0.2, -0.15) is 0 Å². The first kappa shape index (κ1) is 12.9. The number of methoxy groups -OCH3 is 1. The lowest BCUT2D eigenvalue weighted by molar-refractivity contribution is 0.117. The van der Waals surface area contributed by atoms with Crippen molar-refractivity contribution in [1.29, 1.82) is 0 Å². The molecule has 0 aromatic carbocycles. The summed E-state index contributed by atoms with van der Waals surface area (Å²) >= 11 is 3.60. The predicted molar refractivity (Wildman–Crippen MR) is 62.4 cm³/mol. The Morgan fingerprint density at radius 2 is 2.23 bits per heavy atom. The predicted octanol–water partition coefficient (Wildman–Crippen LogP) is 3.70. The number of hydrogen-bond donors (Lipinski definition) is 0. The third-order valence-corrected chi connectivity index (χ3v) is 3.11. The summed E-state index contributed by atoms with van der Waals surface area (Å²) in [6.07, 6.45) is 6.39. The van der Waals surface area contributed by atoms with E-state index >= 15 is 0 Å². The molecule has 0 amide bonds. The number of hydrogen-bond acceptors (Lipinski definition) is 1. The van der Waals surface area contributed by atoms with Crippen LogP contribution in [-0.2, 0) is 4.74 Å². The van der Waals surface area contributed by atoms with Crippen LogP contribution < -0.4 is 0 Å². The zero-order chi connectivity index (χ0) is 10.3. The molecule has 0 aromatic rings. The van der Waals surface area contributed by atoms with Gasteiger partial charge in [-0.25, -0.2) is 0 Å². The van der Waals surface area contributed by atoms with E-state index < -0.39 is 0 Å². The number of rotatable bonds is 6. The molecule has 1 unspecified atom stereocenters. The van der Waals surface area contributed by atoms with Gasteiger partial charge in [0.25, 0.3) is 0 Å². The molecule has 0 N–H and O–H groups in total. The molecular formula is C11H19BrO. The van der Waals surface area contributed by atoms with E-state index in [-0.39, 0.29) is 6.10 Å². The highest BCUT2D eigenvalue weighted by Crippen LogP contribution is 2.19. The lowest BCUT2D eigenvalue weighted by Crippen LogP contribution is -2.19. The summed E-state index contributed by atoms with van der Waals surface area (Å²) in [5.74, 6) is 0. The van der Waals surface area contributed by atoms with E-state index in [4.69, 9.17) is 4.74 Å². The summed E-state index contributed by atoms with van der Waals surface area (Å²) in [5, 5.41) is 0. The SMILES string of the molecule is C=C/C(=C/CC)C[C@H](Br)C(C)OC. The molecule has 2 heteroatoms. The van der Waals surface area contributed by atoms with E-state index in [0.29, 0.717) is 4.83 Å². The molecule has 0 rings (SSSR count). The Balaban J connectivity index is 4.08. The summed E-state index contributed by atoms with van der Waals surface area (Å²) in [6, 6.07) is 0. The smallest absolute Gasteiger partial charge is 0.0671 e. The van der Waals surface area contributed by atoms with E-state index in [1.165, 1.54) is 5.57 Å². The van der Waals surface area contributed by atoms with Crippen LogP contribution in [0.4, 0.5) is 0 Å². The molecule has 0 bridgehead atoms. The van der Waals surface area contributed by atoms with Gasteiger partial charge in [0, 0.05) is 11.9 Å². The van der Waals surface area contributed by atoms with Crippen LogP contribution >= 0.6 is 15.9 Å². The van der Waals surface area contributed by atoms with Crippen LogP contribution in [-0.4, -0.2) is 18.0 Å². The molecule has 0 aliphatic carbocycles. The average molecular weight is 247 g/mol. The minimum Gasteiger partial charge on any atom is -0.381 e. The Morgan fingerprint density at radius 1 is 1.62 bits per heavy atom. The maximum Gasteiger partial charge on any atom is 0.0671 e. The largest absolute Gasteiger partial charge is 0.381 e. The standard InChI is InChI=1S/C11H19BrO/c1-5-7-10(6-2)8-11(12)9(3)13-4/h6-7,9,11H,2,5,8H2,1,3-4H3/b10-7-/t9?,11-/m0/s1. The third-order valence-electron chi connectivity index (χ3n) is 2.04. The van der Waals surface area contributed by atoms with Crippen LogP contribution in [0.25, 0.3) is 0 Å². The van der Waals surface area contributed by atoms with Crippen molar-refractivity contribution in [1.82, 2.24) is 0 Å². The molecule has 1 nitrogen and oxygen atoms in total. The van der Waals surface area contributed by atoms with Crippen molar-refractivity contribution >= 4 is 15.9 Å². The molecule has 0 fully saturated rings.